The summed E-state index contributed by atoms with van der Waals surface area (Å²) in [4.78, 5) is 14.2. The van der Waals surface area contributed by atoms with Crippen molar-refractivity contribution >= 4 is 35.3 Å². The summed E-state index contributed by atoms with van der Waals surface area (Å²) in [6.07, 6.45) is 0. The second kappa shape index (κ2) is 6.91. The standard InChI is InChI=1S/C13H15ClFN5S/c1-20(2)13-18-11(17-12(16)19-13)7-21-6-8-3-4-9(15)5-10(8)14/h3-5H,6-7H2,1-2H3,(H2,16,17,18,19). The van der Waals surface area contributed by atoms with Gasteiger partial charge in [0.25, 0.3) is 0 Å². The van der Waals surface area contributed by atoms with Gasteiger partial charge in [-0.15, -0.1) is 11.8 Å². The van der Waals surface area contributed by atoms with Gasteiger partial charge in [0.1, 0.15) is 11.6 Å². The summed E-state index contributed by atoms with van der Waals surface area (Å²) in [5, 5.41) is 0.423. The lowest BCUT2D eigenvalue weighted by Crippen LogP contribution is -2.15. The summed E-state index contributed by atoms with van der Waals surface area (Å²) >= 11 is 7.56. The number of hydrogen-bond donors (Lipinski definition) is 1. The highest BCUT2D eigenvalue weighted by Crippen LogP contribution is 2.24. The average molecular weight is 328 g/mol. The molecule has 2 rings (SSSR count). The van der Waals surface area contributed by atoms with Gasteiger partial charge in [-0.25, -0.2) is 4.39 Å². The quantitative estimate of drug-likeness (QED) is 0.910. The molecule has 112 valence electrons. The van der Waals surface area contributed by atoms with Crippen LogP contribution in [0, 0.1) is 5.82 Å². The van der Waals surface area contributed by atoms with E-state index in [1.165, 1.54) is 12.1 Å². The summed E-state index contributed by atoms with van der Waals surface area (Å²) in [6.45, 7) is 0. The molecule has 0 atom stereocenters. The monoisotopic (exact) mass is 327 g/mol. The molecule has 0 amide bonds. The smallest absolute Gasteiger partial charge is 0.229 e. The van der Waals surface area contributed by atoms with Crippen LogP contribution in [0.3, 0.4) is 0 Å². The van der Waals surface area contributed by atoms with Crippen LogP contribution in [-0.4, -0.2) is 29.0 Å². The Morgan fingerprint density at radius 1 is 1.24 bits per heavy atom. The number of hydrogen-bond acceptors (Lipinski definition) is 6. The second-order valence-corrected chi connectivity index (χ2v) is 5.93. The van der Waals surface area contributed by atoms with E-state index in [1.807, 2.05) is 14.1 Å². The van der Waals surface area contributed by atoms with Gasteiger partial charge < -0.3 is 10.6 Å². The minimum Gasteiger partial charge on any atom is -0.368 e. The van der Waals surface area contributed by atoms with Crippen molar-refractivity contribution in [2.75, 3.05) is 24.7 Å². The number of nitrogens with zero attached hydrogens (tertiary/aromatic N) is 4. The molecule has 5 nitrogen and oxygen atoms in total. The van der Waals surface area contributed by atoms with Gasteiger partial charge in [0.05, 0.1) is 5.75 Å². The maximum Gasteiger partial charge on any atom is 0.229 e. The van der Waals surface area contributed by atoms with Gasteiger partial charge in [-0.3, -0.25) is 0 Å². The zero-order chi connectivity index (χ0) is 15.4. The summed E-state index contributed by atoms with van der Waals surface area (Å²) < 4.78 is 13.0. The van der Waals surface area contributed by atoms with E-state index in [-0.39, 0.29) is 11.8 Å². The largest absolute Gasteiger partial charge is 0.368 e. The van der Waals surface area contributed by atoms with E-state index in [2.05, 4.69) is 15.0 Å². The number of aromatic nitrogens is 3. The van der Waals surface area contributed by atoms with Crippen molar-refractivity contribution in [1.29, 1.82) is 0 Å². The fourth-order valence-corrected chi connectivity index (χ4v) is 2.78. The predicted octanol–water partition coefficient (Wildman–Crippen LogP) is 2.75. The number of rotatable bonds is 5. The molecule has 21 heavy (non-hydrogen) atoms. The highest BCUT2D eigenvalue weighted by Gasteiger charge is 2.07. The number of nitrogens with two attached hydrogens (primary N) is 1. The molecule has 2 N–H and O–H groups in total. The fraction of sp³-hybridized carbons (Fsp3) is 0.308. The molecule has 0 saturated carbocycles. The first-order valence-corrected chi connectivity index (χ1v) is 7.68. The highest BCUT2D eigenvalue weighted by molar-refractivity contribution is 7.97. The number of benzene rings is 1. The molecule has 0 aliphatic rings. The number of nitrogen functional groups attached to an aromatic ring is 1. The Labute approximate surface area is 131 Å². The number of anilines is 2. The van der Waals surface area contributed by atoms with Crippen LogP contribution >= 0.6 is 23.4 Å². The molecule has 1 aromatic heterocycles. The molecule has 0 aliphatic heterocycles. The topological polar surface area (TPSA) is 67.9 Å². The third-order valence-electron chi connectivity index (χ3n) is 2.59. The van der Waals surface area contributed by atoms with Gasteiger partial charge in [-0.1, -0.05) is 17.7 Å². The Morgan fingerprint density at radius 3 is 2.67 bits per heavy atom. The molecule has 0 radical (unpaired) electrons. The van der Waals surface area contributed by atoms with Crippen LogP contribution in [0.4, 0.5) is 16.3 Å². The van der Waals surface area contributed by atoms with E-state index in [0.29, 0.717) is 28.3 Å². The minimum atomic E-state index is -0.338. The first-order valence-electron chi connectivity index (χ1n) is 6.15. The maximum absolute atomic E-state index is 13.0. The Balaban J connectivity index is 2.00. The third-order valence-corrected chi connectivity index (χ3v) is 3.92. The molecule has 1 heterocycles. The maximum atomic E-state index is 13.0. The van der Waals surface area contributed by atoms with Gasteiger partial charge in [0, 0.05) is 24.9 Å². The van der Waals surface area contributed by atoms with Crippen LogP contribution in [0.5, 0.6) is 0 Å². The highest BCUT2D eigenvalue weighted by atomic mass is 35.5. The van der Waals surface area contributed by atoms with E-state index >= 15 is 0 Å². The van der Waals surface area contributed by atoms with Gasteiger partial charge in [0.2, 0.25) is 11.9 Å². The van der Waals surface area contributed by atoms with Crippen LogP contribution in [-0.2, 0) is 11.5 Å². The fourth-order valence-electron chi connectivity index (χ4n) is 1.58. The Morgan fingerprint density at radius 2 is 2.00 bits per heavy atom. The molecule has 0 bridgehead atoms. The normalized spacial score (nSPS) is 10.7. The first kappa shape index (κ1) is 15.8. The zero-order valence-corrected chi connectivity index (χ0v) is 13.2. The average Bonchev–Trinajstić information content (AvgIpc) is 2.40. The van der Waals surface area contributed by atoms with Crippen LogP contribution in [0.15, 0.2) is 18.2 Å². The zero-order valence-electron chi connectivity index (χ0n) is 11.7. The Kier molecular flexibility index (Phi) is 5.19. The van der Waals surface area contributed by atoms with E-state index in [1.54, 1.807) is 22.7 Å². The van der Waals surface area contributed by atoms with E-state index in [9.17, 15) is 4.39 Å². The third kappa shape index (κ3) is 4.44. The van der Waals surface area contributed by atoms with Crippen LogP contribution in [0.2, 0.25) is 5.02 Å². The SMILES string of the molecule is CN(C)c1nc(N)nc(CSCc2ccc(F)cc2Cl)n1. The van der Waals surface area contributed by atoms with Gasteiger partial charge in [-0.2, -0.15) is 15.0 Å². The van der Waals surface area contributed by atoms with Crippen molar-refractivity contribution in [2.45, 2.75) is 11.5 Å². The Bertz CT molecular complexity index is 638. The molecule has 0 spiro atoms. The Hall–Kier alpha value is -1.60. The van der Waals surface area contributed by atoms with Crippen molar-refractivity contribution in [2.24, 2.45) is 0 Å². The predicted molar refractivity (Wildman–Crippen MR) is 85.0 cm³/mol. The number of thioether (sulfide) groups is 1. The van der Waals surface area contributed by atoms with Crippen molar-refractivity contribution in [3.63, 3.8) is 0 Å². The summed E-state index contributed by atoms with van der Waals surface area (Å²) in [5.41, 5.74) is 6.53. The van der Waals surface area contributed by atoms with Crippen LogP contribution in [0.25, 0.3) is 0 Å². The first-order chi connectivity index (χ1) is 9.95. The van der Waals surface area contributed by atoms with Gasteiger partial charge in [0.15, 0.2) is 0 Å². The molecule has 0 unspecified atom stereocenters. The lowest BCUT2D eigenvalue weighted by molar-refractivity contribution is 0.627. The summed E-state index contributed by atoms with van der Waals surface area (Å²) in [6, 6.07) is 4.38. The molecule has 2 aromatic rings. The molecule has 0 saturated heterocycles. The molecular weight excluding hydrogens is 313 g/mol. The summed E-state index contributed by atoms with van der Waals surface area (Å²) in [5.74, 6) is 2.20. The van der Waals surface area contributed by atoms with Crippen molar-refractivity contribution in [3.8, 4) is 0 Å². The summed E-state index contributed by atoms with van der Waals surface area (Å²) in [7, 11) is 3.67. The van der Waals surface area contributed by atoms with Crippen LogP contribution < -0.4 is 10.6 Å². The van der Waals surface area contributed by atoms with E-state index in [4.69, 9.17) is 17.3 Å². The minimum absolute atomic E-state index is 0.198. The van der Waals surface area contributed by atoms with E-state index < -0.39 is 0 Å². The molecule has 8 heteroatoms. The van der Waals surface area contributed by atoms with Crippen LogP contribution in [0.1, 0.15) is 11.4 Å². The lowest BCUT2D eigenvalue weighted by atomic mass is 10.2. The molecule has 0 aliphatic carbocycles. The molecule has 1 aromatic carbocycles. The van der Waals surface area contributed by atoms with Gasteiger partial charge >= 0.3 is 0 Å². The lowest BCUT2D eigenvalue weighted by Gasteiger charge is -2.11. The van der Waals surface area contributed by atoms with Crippen molar-refractivity contribution in [3.05, 3.63) is 40.4 Å². The number of halogens is 2. The second-order valence-electron chi connectivity index (χ2n) is 4.53. The van der Waals surface area contributed by atoms with Crippen molar-refractivity contribution < 1.29 is 4.39 Å². The van der Waals surface area contributed by atoms with Crippen molar-refractivity contribution in [1.82, 2.24) is 15.0 Å². The molecule has 0 fully saturated rings. The van der Waals surface area contributed by atoms with Gasteiger partial charge in [-0.05, 0) is 17.7 Å². The molecular formula is C13H15ClFN5S. The van der Waals surface area contributed by atoms with E-state index in [0.717, 1.165) is 5.56 Å².